The highest BCUT2D eigenvalue weighted by molar-refractivity contribution is 5.20. The van der Waals surface area contributed by atoms with Crippen LogP contribution in [0.1, 0.15) is 23.6 Å². The number of hydrogen-bond acceptors (Lipinski definition) is 1. The van der Waals surface area contributed by atoms with Crippen LogP contribution in [0.5, 0.6) is 0 Å². The third-order valence-electron chi connectivity index (χ3n) is 3.10. The topological polar surface area (TPSA) is 12.0 Å². The highest BCUT2D eigenvalue weighted by atomic mass is 19.4. The lowest BCUT2D eigenvalue weighted by Crippen LogP contribution is -2.26. The van der Waals surface area contributed by atoms with Gasteiger partial charge in [-0.3, -0.25) is 0 Å². The summed E-state index contributed by atoms with van der Waals surface area (Å²) in [4.78, 5) is 0. The Morgan fingerprint density at radius 3 is 2.10 bits per heavy atom. The summed E-state index contributed by atoms with van der Waals surface area (Å²) in [6.45, 7) is 0.246. The third kappa shape index (κ3) is 5.19. The van der Waals surface area contributed by atoms with Crippen LogP contribution in [0, 0.1) is 5.82 Å². The van der Waals surface area contributed by atoms with Crippen LogP contribution in [0.15, 0.2) is 54.6 Å². The molecule has 0 radical (unpaired) electrons. The second-order valence-corrected chi connectivity index (χ2v) is 4.79. The lowest BCUT2D eigenvalue weighted by atomic mass is 10.0. The Balaban J connectivity index is 2.07. The molecule has 1 nitrogen and oxygen atoms in total. The van der Waals surface area contributed by atoms with Crippen molar-refractivity contribution in [2.45, 2.75) is 25.2 Å². The van der Waals surface area contributed by atoms with Gasteiger partial charge in [0.1, 0.15) is 5.82 Å². The Morgan fingerprint density at radius 1 is 0.905 bits per heavy atom. The quantitative estimate of drug-likeness (QED) is 0.795. The number of hydrogen-bond donors (Lipinski definition) is 1. The van der Waals surface area contributed by atoms with Gasteiger partial charge in [-0.25, -0.2) is 4.39 Å². The first-order valence-electron chi connectivity index (χ1n) is 6.53. The summed E-state index contributed by atoms with van der Waals surface area (Å²) in [6.07, 6.45) is -5.20. The summed E-state index contributed by atoms with van der Waals surface area (Å²) in [5.41, 5.74) is 1.32. The second kappa shape index (κ2) is 6.72. The van der Waals surface area contributed by atoms with Gasteiger partial charge < -0.3 is 5.32 Å². The number of alkyl halides is 3. The van der Waals surface area contributed by atoms with E-state index in [4.69, 9.17) is 0 Å². The minimum absolute atomic E-state index is 0.246. The Morgan fingerprint density at radius 2 is 1.52 bits per heavy atom. The second-order valence-electron chi connectivity index (χ2n) is 4.79. The standard InChI is InChI=1S/C16H15F4N/c17-14-8-6-12(7-9-14)11-21-15(10-16(18,19)20)13-4-2-1-3-5-13/h1-9,15,21H,10-11H2. The smallest absolute Gasteiger partial charge is 0.306 e. The maximum Gasteiger partial charge on any atom is 0.390 e. The molecule has 0 aliphatic rings. The summed E-state index contributed by atoms with van der Waals surface area (Å²) < 4.78 is 50.8. The normalized spacial score (nSPS) is 13.1. The Kier molecular flexibility index (Phi) is 4.96. The van der Waals surface area contributed by atoms with E-state index in [0.717, 1.165) is 5.56 Å². The zero-order valence-corrected chi connectivity index (χ0v) is 11.2. The molecular weight excluding hydrogens is 282 g/mol. The van der Waals surface area contributed by atoms with Crippen molar-refractivity contribution in [3.63, 3.8) is 0 Å². The van der Waals surface area contributed by atoms with E-state index < -0.39 is 18.6 Å². The Labute approximate surface area is 120 Å². The van der Waals surface area contributed by atoms with Gasteiger partial charge >= 0.3 is 6.18 Å². The fourth-order valence-corrected chi connectivity index (χ4v) is 2.07. The molecule has 2 rings (SSSR count). The first-order valence-corrected chi connectivity index (χ1v) is 6.53. The molecule has 112 valence electrons. The molecule has 2 aromatic carbocycles. The molecule has 1 N–H and O–H groups in total. The highest BCUT2D eigenvalue weighted by Gasteiger charge is 2.32. The van der Waals surface area contributed by atoms with Crippen molar-refractivity contribution in [3.05, 3.63) is 71.5 Å². The van der Waals surface area contributed by atoms with Gasteiger partial charge in [0.15, 0.2) is 0 Å². The van der Waals surface area contributed by atoms with Gasteiger partial charge in [0.25, 0.3) is 0 Å². The molecule has 0 aliphatic heterocycles. The fourth-order valence-electron chi connectivity index (χ4n) is 2.07. The predicted octanol–water partition coefficient (Wildman–Crippen LogP) is 4.61. The van der Waals surface area contributed by atoms with Gasteiger partial charge in [-0.15, -0.1) is 0 Å². The van der Waals surface area contributed by atoms with E-state index in [1.807, 2.05) is 0 Å². The lowest BCUT2D eigenvalue weighted by molar-refractivity contribution is -0.140. The van der Waals surface area contributed by atoms with Gasteiger partial charge in [0.05, 0.1) is 6.42 Å². The summed E-state index contributed by atoms with van der Waals surface area (Å²) in [7, 11) is 0. The van der Waals surface area contributed by atoms with E-state index in [-0.39, 0.29) is 12.4 Å². The molecular formula is C16H15F4N. The van der Waals surface area contributed by atoms with Gasteiger partial charge in [0.2, 0.25) is 0 Å². The van der Waals surface area contributed by atoms with Crippen molar-refractivity contribution in [2.24, 2.45) is 0 Å². The summed E-state index contributed by atoms with van der Waals surface area (Å²) >= 11 is 0. The van der Waals surface area contributed by atoms with Crippen molar-refractivity contribution in [1.29, 1.82) is 0 Å². The highest BCUT2D eigenvalue weighted by Crippen LogP contribution is 2.29. The number of halogens is 4. The van der Waals surface area contributed by atoms with E-state index in [0.29, 0.717) is 5.56 Å². The number of nitrogens with one attached hydrogen (secondary N) is 1. The van der Waals surface area contributed by atoms with Gasteiger partial charge in [-0.1, -0.05) is 42.5 Å². The van der Waals surface area contributed by atoms with Gasteiger partial charge in [0, 0.05) is 12.6 Å². The molecule has 0 aliphatic carbocycles. The Bertz CT molecular complexity index is 549. The maximum atomic E-state index is 12.8. The van der Waals surface area contributed by atoms with Crippen LogP contribution in [-0.4, -0.2) is 6.18 Å². The van der Waals surface area contributed by atoms with Crippen LogP contribution in [0.3, 0.4) is 0 Å². The molecule has 0 bridgehead atoms. The summed E-state index contributed by atoms with van der Waals surface area (Å²) in [5.74, 6) is -0.367. The lowest BCUT2D eigenvalue weighted by Gasteiger charge is -2.21. The molecule has 0 saturated carbocycles. The Hall–Kier alpha value is -1.88. The first kappa shape index (κ1) is 15.5. The van der Waals surface area contributed by atoms with Gasteiger partial charge in [-0.2, -0.15) is 13.2 Å². The monoisotopic (exact) mass is 297 g/mol. The molecule has 0 aromatic heterocycles. The SMILES string of the molecule is Fc1ccc(CNC(CC(F)(F)F)c2ccccc2)cc1. The van der Waals surface area contributed by atoms with Crippen LogP contribution in [0.4, 0.5) is 17.6 Å². The molecule has 1 atom stereocenters. The summed E-state index contributed by atoms with van der Waals surface area (Å²) in [6, 6.07) is 13.4. The predicted molar refractivity (Wildman–Crippen MR) is 73.1 cm³/mol. The maximum absolute atomic E-state index is 12.8. The molecule has 1 unspecified atom stereocenters. The molecule has 0 amide bonds. The van der Waals surface area contributed by atoms with Crippen LogP contribution in [-0.2, 0) is 6.54 Å². The largest absolute Gasteiger partial charge is 0.390 e. The van der Waals surface area contributed by atoms with Crippen LogP contribution in [0.2, 0.25) is 0 Å². The minimum Gasteiger partial charge on any atom is -0.306 e. The van der Waals surface area contributed by atoms with Crippen LogP contribution in [0.25, 0.3) is 0 Å². The fraction of sp³-hybridized carbons (Fsp3) is 0.250. The van der Waals surface area contributed by atoms with E-state index >= 15 is 0 Å². The molecule has 0 saturated heterocycles. The minimum atomic E-state index is -4.25. The van der Waals surface area contributed by atoms with Crippen molar-refractivity contribution >= 4 is 0 Å². The zero-order valence-electron chi connectivity index (χ0n) is 11.2. The van der Waals surface area contributed by atoms with Crippen molar-refractivity contribution < 1.29 is 17.6 Å². The van der Waals surface area contributed by atoms with E-state index in [1.54, 1.807) is 42.5 Å². The number of rotatable bonds is 5. The molecule has 0 fully saturated rings. The van der Waals surface area contributed by atoms with E-state index in [2.05, 4.69) is 5.32 Å². The summed E-state index contributed by atoms with van der Waals surface area (Å²) in [5, 5.41) is 2.89. The molecule has 0 heterocycles. The third-order valence-corrected chi connectivity index (χ3v) is 3.10. The van der Waals surface area contributed by atoms with E-state index in [1.165, 1.54) is 12.1 Å². The zero-order chi connectivity index (χ0) is 15.3. The average Bonchev–Trinajstić information content (AvgIpc) is 2.45. The molecule has 2 aromatic rings. The van der Waals surface area contributed by atoms with E-state index in [9.17, 15) is 17.6 Å². The molecule has 21 heavy (non-hydrogen) atoms. The van der Waals surface area contributed by atoms with Crippen molar-refractivity contribution in [3.8, 4) is 0 Å². The van der Waals surface area contributed by atoms with Crippen molar-refractivity contribution in [2.75, 3.05) is 0 Å². The molecule has 0 spiro atoms. The van der Waals surface area contributed by atoms with Crippen LogP contribution >= 0.6 is 0 Å². The van der Waals surface area contributed by atoms with Crippen LogP contribution < -0.4 is 5.32 Å². The number of benzene rings is 2. The molecule has 5 heteroatoms. The first-order chi connectivity index (χ1) is 9.94. The average molecular weight is 297 g/mol. The van der Waals surface area contributed by atoms with Crippen molar-refractivity contribution in [1.82, 2.24) is 5.32 Å². The van der Waals surface area contributed by atoms with Gasteiger partial charge in [-0.05, 0) is 23.3 Å².